The van der Waals surface area contributed by atoms with Gasteiger partial charge in [-0.3, -0.25) is 19.2 Å². The average molecular weight is 497 g/mol. The predicted octanol–water partition coefficient (Wildman–Crippen LogP) is 5.29. The summed E-state index contributed by atoms with van der Waals surface area (Å²) in [7, 11) is 0. The molecule has 0 aromatic carbocycles. The summed E-state index contributed by atoms with van der Waals surface area (Å²) in [6.07, 6.45) is 7.09. The number of hydrogen-bond donors (Lipinski definition) is 0. The summed E-state index contributed by atoms with van der Waals surface area (Å²) in [5.41, 5.74) is 4.13. The minimum atomic E-state index is -0.129. The zero-order valence-electron chi connectivity index (χ0n) is 22.6. The first-order valence-corrected chi connectivity index (χ1v) is 13.8. The molecule has 4 fully saturated rings. The summed E-state index contributed by atoms with van der Waals surface area (Å²) in [5, 5.41) is 0. The van der Waals surface area contributed by atoms with E-state index in [0.717, 1.165) is 60.8 Å². The van der Waals surface area contributed by atoms with Gasteiger partial charge in [0.15, 0.2) is 11.6 Å². The molecule has 0 unspecified atom stereocenters. The Balaban J connectivity index is 0.000000148. The molecule has 2 saturated carbocycles. The van der Waals surface area contributed by atoms with Crippen LogP contribution in [-0.2, 0) is 28.7 Å². The van der Waals surface area contributed by atoms with E-state index in [0.29, 0.717) is 12.8 Å². The van der Waals surface area contributed by atoms with Crippen LogP contribution in [0.2, 0.25) is 0 Å². The van der Waals surface area contributed by atoms with Crippen molar-refractivity contribution in [3.63, 3.8) is 0 Å². The predicted molar refractivity (Wildman–Crippen MR) is 134 cm³/mol. The van der Waals surface area contributed by atoms with E-state index in [1.54, 1.807) is 0 Å². The van der Waals surface area contributed by atoms with E-state index < -0.39 is 0 Å². The third-order valence-corrected chi connectivity index (χ3v) is 10.7. The Morgan fingerprint density at radius 3 is 1.36 bits per heavy atom. The van der Waals surface area contributed by atoms with Crippen molar-refractivity contribution in [1.82, 2.24) is 0 Å². The van der Waals surface area contributed by atoms with Crippen molar-refractivity contribution in [1.29, 1.82) is 0 Å². The van der Waals surface area contributed by atoms with Gasteiger partial charge in [-0.1, -0.05) is 27.7 Å². The molecule has 8 atom stereocenters. The second-order valence-electron chi connectivity index (χ2n) is 12.7. The molecule has 6 heteroatoms. The van der Waals surface area contributed by atoms with Gasteiger partial charge in [0.25, 0.3) is 0 Å². The number of ether oxygens (including phenoxy) is 2. The van der Waals surface area contributed by atoms with Crippen LogP contribution >= 0.6 is 0 Å². The molecule has 0 N–H and O–H groups in total. The van der Waals surface area contributed by atoms with Crippen LogP contribution in [0.25, 0.3) is 0 Å². The minimum absolute atomic E-state index is 0.0168. The number of rotatable bonds is 0. The summed E-state index contributed by atoms with van der Waals surface area (Å²) >= 11 is 0. The summed E-state index contributed by atoms with van der Waals surface area (Å²) in [4.78, 5) is 47.4. The zero-order valence-corrected chi connectivity index (χ0v) is 22.6. The van der Waals surface area contributed by atoms with E-state index in [-0.39, 0.29) is 70.2 Å². The lowest BCUT2D eigenvalue weighted by molar-refractivity contribution is -0.144. The monoisotopic (exact) mass is 496 g/mol. The number of Topliss-reactive ketones (excluding diaryl/α,β-unsaturated/α-hetero) is 2. The minimum Gasteiger partial charge on any atom is -0.457 e. The van der Waals surface area contributed by atoms with Gasteiger partial charge in [0.2, 0.25) is 0 Å². The molecule has 2 aliphatic heterocycles. The normalized spacial score (nSPS) is 43.6. The number of carbonyl (C=O) groups is 4. The first-order valence-electron chi connectivity index (χ1n) is 13.8. The summed E-state index contributed by atoms with van der Waals surface area (Å²) in [6, 6.07) is 0. The van der Waals surface area contributed by atoms with E-state index in [1.807, 2.05) is 27.7 Å². The maximum atomic E-state index is 11.9. The topological polar surface area (TPSA) is 86.7 Å². The molecule has 0 amide bonds. The molecule has 2 heterocycles. The molecular weight excluding hydrogens is 456 g/mol. The Morgan fingerprint density at radius 2 is 1.00 bits per heavy atom. The van der Waals surface area contributed by atoms with Gasteiger partial charge in [-0.05, 0) is 85.5 Å². The van der Waals surface area contributed by atoms with Gasteiger partial charge in [0.05, 0.1) is 11.8 Å². The highest BCUT2D eigenvalue weighted by molar-refractivity contribution is 5.98. The SMILES string of the molecule is CC1=C2[C@@H]3OC(=O)[C@@H](C)[C@@H]3CC[C@@]2(C)CCC1=O.CC1=C2[C@@H]3OC(=O)[C@@H](C)[C@@H]3CC[C@@]2(C)CCC1=O. The van der Waals surface area contributed by atoms with Crippen molar-refractivity contribution in [2.75, 3.05) is 0 Å². The maximum absolute atomic E-state index is 11.9. The Hall–Kier alpha value is -2.24. The van der Waals surface area contributed by atoms with Crippen LogP contribution in [0.1, 0.15) is 92.9 Å². The van der Waals surface area contributed by atoms with Crippen LogP contribution in [0, 0.1) is 34.5 Å². The molecule has 0 spiro atoms. The van der Waals surface area contributed by atoms with E-state index in [1.165, 1.54) is 0 Å². The third-order valence-electron chi connectivity index (χ3n) is 10.7. The molecule has 36 heavy (non-hydrogen) atoms. The second-order valence-corrected chi connectivity index (χ2v) is 12.7. The summed E-state index contributed by atoms with van der Waals surface area (Å²) < 4.78 is 11.2. The molecule has 0 bridgehead atoms. The Kier molecular flexibility index (Phi) is 6.12. The van der Waals surface area contributed by atoms with E-state index in [2.05, 4.69) is 13.8 Å². The Bertz CT molecular complexity index is 1010. The van der Waals surface area contributed by atoms with Crippen molar-refractivity contribution < 1.29 is 28.7 Å². The fourth-order valence-electron chi connectivity index (χ4n) is 8.09. The number of carbonyl (C=O) groups excluding carboxylic acids is 4. The van der Waals surface area contributed by atoms with Gasteiger partial charge in [0.1, 0.15) is 12.2 Å². The van der Waals surface area contributed by atoms with Crippen LogP contribution in [-0.4, -0.2) is 35.7 Å². The number of fused-ring (bicyclic) bond motifs is 6. The highest BCUT2D eigenvalue weighted by Gasteiger charge is 2.55. The van der Waals surface area contributed by atoms with Crippen LogP contribution in [0.15, 0.2) is 22.3 Å². The summed E-state index contributed by atoms with van der Waals surface area (Å²) in [6.45, 7) is 12.2. The van der Waals surface area contributed by atoms with Gasteiger partial charge >= 0.3 is 11.9 Å². The molecule has 6 aliphatic rings. The van der Waals surface area contributed by atoms with Crippen molar-refractivity contribution in [2.45, 2.75) is 105 Å². The Labute approximate surface area is 214 Å². The van der Waals surface area contributed by atoms with Gasteiger partial charge in [-0.2, -0.15) is 0 Å². The first-order chi connectivity index (χ1) is 16.9. The van der Waals surface area contributed by atoms with Crippen molar-refractivity contribution in [3.05, 3.63) is 22.3 Å². The quantitative estimate of drug-likeness (QED) is 0.424. The van der Waals surface area contributed by atoms with Gasteiger partial charge in [0, 0.05) is 24.7 Å². The lowest BCUT2D eigenvalue weighted by atomic mass is 9.59. The average Bonchev–Trinajstić information content (AvgIpc) is 3.28. The molecule has 0 radical (unpaired) electrons. The molecule has 6 nitrogen and oxygen atoms in total. The van der Waals surface area contributed by atoms with Crippen molar-refractivity contribution in [3.8, 4) is 0 Å². The molecule has 6 rings (SSSR count). The van der Waals surface area contributed by atoms with Gasteiger partial charge in [-0.25, -0.2) is 0 Å². The fraction of sp³-hybridized carbons (Fsp3) is 0.733. The molecule has 2 saturated heterocycles. The van der Waals surface area contributed by atoms with Crippen molar-refractivity contribution in [2.24, 2.45) is 34.5 Å². The molecule has 196 valence electrons. The van der Waals surface area contributed by atoms with E-state index >= 15 is 0 Å². The lowest BCUT2D eigenvalue weighted by Crippen LogP contribution is -2.41. The molecule has 0 aromatic heterocycles. The highest BCUT2D eigenvalue weighted by atomic mass is 16.6. The Morgan fingerprint density at radius 1 is 0.639 bits per heavy atom. The molecular formula is C30H40O6. The fourth-order valence-corrected chi connectivity index (χ4v) is 8.09. The van der Waals surface area contributed by atoms with Crippen LogP contribution < -0.4 is 0 Å². The smallest absolute Gasteiger partial charge is 0.309 e. The van der Waals surface area contributed by atoms with Crippen LogP contribution in [0.3, 0.4) is 0 Å². The van der Waals surface area contributed by atoms with Crippen LogP contribution in [0.4, 0.5) is 0 Å². The standard InChI is InChI=1S/2C15H20O3/c2*1-8-10-4-6-15(3)7-5-11(16)9(2)12(15)13(10)18-14(8)17/h2*8,10,13H,4-7H2,1-3H3/t2*8-,10-,13+,15-/m00/s1. The van der Waals surface area contributed by atoms with Gasteiger partial charge < -0.3 is 9.47 Å². The number of esters is 2. The second kappa shape index (κ2) is 8.66. The highest BCUT2D eigenvalue weighted by Crippen LogP contribution is 2.56. The van der Waals surface area contributed by atoms with Gasteiger partial charge in [-0.15, -0.1) is 0 Å². The molecule has 4 aliphatic carbocycles. The third kappa shape index (κ3) is 3.73. The van der Waals surface area contributed by atoms with E-state index in [9.17, 15) is 19.2 Å². The molecule has 0 aromatic rings. The van der Waals surface area contributed by atoms with Crippen LogP contribution in [0.5, 0.6) is 0 Å². The summed E-state index contributed by atoms with van der Waals surface area (Å²) in [5.74, 6) is 0.814. The van der Waals surface area contributed by atoms with E-state index in [4.69, 9.17) is 9.47 Å². The number of ketones is 2. The largest absolute Gasteiger partial charge is 0.457 e. The lowest BCUT2D eigenvalue weighted by Gasteiger charge is -2.45. The number of allylic oxidation sites excluding steroid dienone is 2. The first kappa shape index (κ1) is 25.4. The zero-order chi connectivity index (χ0) is 26.2. The number of hydrogen-bond acceptors (Lipinski definition) is 6. The maximum Gasteiger partial charge on any atom is 0.309 e. The van der Waals surface area contributed by atoms with Crippen molar-refractivity contribution >= 4 is 23.5 Å².